The molecule has 6 unspecified atom stereocenters. The Morgan fingerprint density at radius 1 is 0.822 bits per heavy atom. The molecule has 6 atom stereocenters. The van der Waals surface area contributed by atoms with E-state index in [1.165, 1.54) is 26.0 Å². The van der Waals surface area contributed by atoms with Crippen LogP contribution in [0, 0.1) is 0 Å². The number of amides is 5. The van der Waals surface area contributed by atoms with Crippen LogP contribution < -0.4 is 32.3 Å². The van der Waals surface area contributed by atoms with Gasteiger partial charge >= 0.3 is 23.9 Å². The molecule has 2 heterocycles. The molecule has 246 valence electrons. The van der Waals surface area contributed by atoms with E-state index in [0.717, 1.165) is 0 Å². The first-order valence-corrected chi connectivity index (χ1v) is 13.4. The summed E-state index contributed by atoms with van der Waals surface area (Å²) in [6, 6.07) is 3.10. The maximum Gasteiger partial charge on any atom is 0.345 e. The van der Waals surface area contributed by atoms with E-state index in [4.69, 9.17) is 15.9 Å². The summed E-state index contributed by atoms with van der Waals surface area (Å²) < 4.78 is 4.56. The highest BCUT2D eigenvalue weighted by molar-refractivity contribution is 5.99. The molecule has 0 bridgehead atoms. The minimum atomic E-state index is -1.31. The van der Waals surface area contributed by atoms with Gasteiger partial charge in [0.25, 0.3) is 0 Å². The van der Waals surface area contributed by atoms with Crippen LogP contribution in [0.25, 0.3) is 0 Å². The summed E-state index contributed by atoms with van der Waals surface area (Å²) in [5.74, 6) is -6.03. The Morgan fingerprint density at radius 2 is 1.29 bits per heavy atom. The molecule has 0 aliphatic carbocycles. The van der Waals surface area contributed by atoms with Crippen LogP contribution in [0.2, 0.25) is 0 Å². The van der Waals surface area contributed by atoms with Crippen molar-refractivity contribution >= 4 is 53.4 Å². The summed E-state index contributed by atoms with van der Waals surface area (Å²) in [6.45, 7) is 6.09. The third-order valence-corrected chi connectivity index (χ3v) is 5.94. The number of hydrogen-bond donors (Lipinski definition) is 8. The zero-order valence-corrected chi connectivity index (χ0v) is 24.8. The van der Waals surface area contributed by atoms with Crippen molar-refractivity contribution < 1.29 is 58.1 Å². The summed E-state index contributed by atoms with van der Waals surface area (Å²) in [4.78, 5) is 99.3. The van der Waals surface area contributed by atoms with Crippen molar-refractivity contribution in [2.45, 2.75) is 76.8 Å². The van der Waals surface area contributed by atoms with Gasteiger partial charge in [-0.1, -0.05) is 18.2 Å². The van der Waals surface area contributed by atoms with Gasteiger partial charge in [0, 0.05) is 0 Å². The molecule has 2 saturated heterocycles. The van der Waals surface area contributed by atoms with Gasteiger partial charge in [0.1, 0.15) is 30.2 Å². The molecule has 18 heteroatoms. The van der Waals surface area contributed by atoms with Gasteiger partial charge in [-0.2, -0.15) is 0 Å². The van der Waals surface area contributed by atoms with E-state index in [1.807, 2.05) is 0 Å². The fourth-order valence-electron chi connectivity index (χ4n) is 3.30. The van der Waals surface area contributed by atoms with Crippen LogP contribution in [0.4, 0.5) is 0 Å². The zero-order valence-electron chi connectivity index (χ0n) is 24.8. The Morgan fingerprint density at radius 3 is 1.76 bits per heavy atom. The van der Waals surface area contributed by atoms with Crippen LogP contribution in [0.1, 0.15) is 50.9 Å². The lowest BCUT2D eigenvalue weighted by molar-refractivity contribution is -0.143. The average Bonchev–Trinajstić information content (AvgIpc) is 2.95. The molecule has 9 N–H and O–H groups in total. The van der Waals surface area contributed by atoms with Gasteiger partial charge in [-0.05, 0) is 39.8 Å². The number of ether oxygens (including phenoxy) is 1. The molecule has 45 heavy (non-hydrogen) atoms. The Bertz CT molecular complexity index is 1280. The Labute approximate surface area is 256 Å². The molecular weight excluding hydrogens is 600 g/mol. The van der Waals surface area contributed by atoms with Gasteiger partial charge in [-0.25, -0.2) is 4.79 Å². The van der Waals surface area contributed by atoms with Gasteiger partial charge < -0.3 is 47.3 Å². The SMILES string of the molecule is CC(NC(=O)C(N)CC(=O)OC(=O)c1ccccc1)C(=O)O.CC1NC(=O)C(C)NC1=O.CC1NC(=O)C(CC(=O)O)NC1=O. The van der Waals surface area contributed by atoms with Crippen LogP contribution in [-0.4, -0.2) is 99.9 Å². The molecule has 3 rings (SSSR count). The number of esters is 2. The number of rotatable bonds is 8. The number of piperazine rings is 2. The minimum Gasteiger partial charge on any atom is -0.481 e. The lowest BCUT2D eigenvalue weighted by Gasteiger charge is -2.26. The van der Waals surface area contributed by atoms with E-state index in [1.54, 1.807) is 32.0 Å². The average molecular weight is 637 g/mol. The first kappa shape index (κ1) is 37.6. The van der Waals surface area contributed by atoms with Crippen molar-refractivity contribution in [3.63, 3.8) is 0 Å². The molecule has 0 spiro atoms. The number of carboxylic acid groups (broad SMARTS) is 2. The van der Waals surface area contributed by atoms with Gasteiger partial charge in [0.2, 0.25) is 29.5 Å². The van der Waals surface area contributed by atoms with Crippen molar-refractivity contribution in [1.82, 2.24) is 26.6 Å². The van der Waals surface area contributed by atoms with Crippen LogP contribution in [-0.2, 0) is 43.1 Å². The number of benzene rings is 1. The van der Waals surface area contributed by atoms with Crippen LogP contribution in [0.3, 0.4) is 0 Å². The maximum atomic E-state index is 11.6. The number of nitrogens with two attached hydrogens (primary N) is 1. The zero-order chi connectivity index (χ0) is 34.4. The highest BCUT2D eigenvalue weighted by atomic mass is 16.6. The predicted octanol–water partition coefficient (Wildman–Crippen LogP) is -2.85. The second-order valence-corrected chi connectivity index (χ2v) is 9.86. The third-order valence-electron chi connectivity index (χ3n) is 5.94. The number of carbonyl (C=O) groups excluding carboxylic acids is 7. The van der Waals surface area contributed by atoms with Gasteiger partial charge in [0.15, 0.2) is 0 Å². The number of carboxylic acids is 2. The van der Waals surface area contributed by atoms with E-state index in [9.17, 15) is 43.2 Å². The van der Waals surface area contributed by atoms with Crippen molar-refractivity contribution in [3.05, 3.63) is 35.9 Å². The van der Waals surface area contributed by atoms with E-state index < -0.39 is 66.3 Å². The van der Waals surface area contributed by atoms with Crippen molar-refractivity contribution in [1.29, 1.82) is 0 Å². The quantitative estimate of drug-likeness (QED) is 0.105. The number of nitrogens with one attached hydrogen (secondary N) is 5. The van der Waals surface area contributed by atoms with Gasteiger partial charge in [-0.15, -0.1) is 0 Å². The summed E-state index contributed by atoms with van der Waals surface area (Å²) in [5.41, 5.74) is 5.65. The highest BCUT2D eigenvalue weighted by Gasteiger charge is 2.32. The standard InChI is InChI=1S/C14H16N2O6.C7H10N2O4.C6H10N2O2/c1-8(13(19)20)16-12(18)10(15)7-11(17)22-14(21)9-5-3-2-4-6-9;1-3-6(12)9-4(2-5(10)11)7(13)8-3;1-3-5(9)8-4(2)6(10)7-3/h2-6,8,10H,7,15H2,1H3,(H,16,18)(H,19,20);3-4H,2H2,1H3,(H,8,13)(H,9,12)(H,10,11);3-4H,1-2H3,(H,7,10)(H,8,9). The summed E-state index contributed by atoms with van der Waals surface area (Å²) in [6.07, 6.45) is -0.930. The first-order chi connectivity index (χ1) is 20.9. The molecule has 0 saturated carbocycles. The fraction of sp³-hybridized carbons (Fsp3) is 0.444. The van der Waals surface area contributed by atoms with Crippen molar-refractivity contribution in [2.24, 2.45) is 5.73 Å². The molecule has 2 fully saturated rings. The van der Waals surface area contributed by atoms with Crippen LogP contribution in [0.5, 0.6) is 0 Å². The molecule has 2 aliphatic rings. The van der Waals surface area contributed by atoms with E-state index in [0.29, 0.717) is 0 Å². The van der Waals surface area contributed by atoms with Crippen molar-refractivity contribution in [2.75, 3.05) is 0 Å². The third kappa shape index (κ3) is 13.2. The largest absolute Gasteiger partial charge is 0.481 e. The summed E-state index contributed by atoms with van der Waals surface area (Å²) in [5, 5.41) is 28.9. The fourth-order valence-corrected chi connectivity index (χ4v) is 3.30. The van der Waals surface area contributed by atoms with E-state index in [-0.39, 0.29) is 41.8 Å². The molecule has 2 aliphatic heterocycles. The molecule has 0 radical (unpaired) electrons. The Hall–Kier alpha value is -5.39. The van der Waals surface area contributed by atoms with Gasteiger partial charge in [0.05, 0.1) is 24.4 Å². The lowest BCUT2D eigenvalue weighted by atomic mass is 10.1. The monoisotopic (exact) mass is 636 g/mol. The Balaban J connectivity index is 0.000000371. The topological polar surface area (TPSA) is 289 Å². The molecular formula is C27H36N6O12. The number of hydrogen-bond acceptors (Lipinski definition) is 11. The smallest absolute Gasteiger partial charge is 0.345 e. The molecule has 0 aromatic heterocycles. The lowest BCUT2D eigenvalue weighted by Crippen LogP contribution is -2.61. The predicted molar refractivity (Wildman–Crippen MR) is 152 cm³/mol. The van der Waals surface area contributed by atoms with E-state index in [2.05, 4.69) is 31.3 Å². The molecule has 5 amide bonds. The second kappa shape index (κ2) is 17.7. The number of carbonyl (C=O) groups is 9. The normalized spacial score (nSPS) is 21.6. The summed E-state index contributed by atoms with van der Waals surface area (Å²) in [7, 11) is 0. The highest BCUT2D eigenvalue weighted by Crippen LogP contribution is 2.04. The van der Waals surface area contributed by atoms with Crippen LogP contribution >= 0.6 is 0 Å². The van der Waals surface area contributed by atoms with Crippen molar-refractivity contribution in [3.8, 4) is 0 Å². The maximum absolute atomic E-state index is 11.6. The minimum absolute atomic E-state index is 0.118. The molecule has 1 aromatic carbocycles. The number of aliphatic carboxylic acids is 2. The van der Waals surface area contributed by atoms with Crippen LogP contribution in [0.15, 0.2) is 30.3 Å². The summed E-state index contributed by atoms with van der Waals surface area (Å²) >= 11 is 0. The Kier molecular flexibility index (Phi) is 14.8. The molecule has 18 nitrogen and oxygen atoms in total. The molecule has 1 aromatic rings. The van der Waals surface area contributed by atoms with E-state index >= 15 is 0 Å². The first-order valence-electron chi connectivity index (χ1n) is 13.4. The second-order valence-electron chi connectivity index (χ2n) is 9.86. The van der Waals surface area contributed by atoms with Gasteiger partial charge in [-0.3, -0.25) is 38.4 Å².